The van der Waals surface area contributed by atoms with Gasteiger partial charge in [0.2, 0.25) is 0 Å². The topological polar surface area (TPSA) is 62.7 Å². The predicted octanol–water partition coefficient (Wildman–Crippen LogP) is 2.72. The van der Waals surface area contributed by atoms with Crippen LogP contribution in [0.15, 0.2) is 24.4 Å². The number of ether oxygens (including phenoxy) is 1. The van der Waals surface area contributed by atoms with Crippen molar-refractivity contribution in [1.29, 1.82) is 0 Å². The molecule has 0 unspecified atom stereocenters. The number of aromatic hydroxyl groups is 1. The second-order valence-corrected chi connectivity index (χ2v) is 6.60. The Morgan fingerprint density at radius 1 is 1.38 bits per heavy atom. The maximum atomic E-state index is 13.7. The first-order chi connectivity index (χ1) is 11.6. The van der Waals surface area contributed by atoms with Crippen LogP contribution in [-0.4, -0.2) is 46.7 Å². The van der Waals surface area contributed by atoms with Gasteiger partial charge in [-0.25, -0.2) is 4.39 Å². The number of aromatic nitrogens is 1. The third-order valence-electron chi connectivity index (χ3n) is 4.75. The molecule has 4 rings (SSSR count). The van der Waals surface area contributed by atoms with Crippen LogP contribution in [-0.2, 0) is 4.74 Å². The summed E-state index contributed by atoms with van der Waals surface area (Å²) in [5.74, 6) is -0.584. The van der Waals surface area contributed by atoms with Crippen molar-refractivity contribution < 1.29 is 19.0 Å². The lowest BCUT2D eigenvalue weighted by atomic mass is 10.0. The Labute approximate surface area is 139 Å². The SMILES string of the molecule is O=C(c1c(O)cnc2ccc(F)cc12)N(C[C@@H]1CCOC1)C1CC1. The van der Waals surface area contributed by atoms with Gasteiger partial charge < -0.3 is 14.7 Å². The lowest BCUT2D eigenvalue weighted by Gasteiger charge is -2.26. The van der Waals surface area contributed by atoms with Crippen LogP contribution in [0.25, 0.3) is 10.9 Å². The van der Waals surface area contributed by atoms with Gasteiger partial charge in [-0.3, -0.25) is 9.78 Å². The molecule has 1 aromatic heterocycles. The van der Waals surface area contributed by atoms with Gasteiger partial charge in [0.15, 0.2) is 0 Å². The molecule has 126 valence electrons. The molecule has 2 aromatic rings. The minimum atomic E-state index is -0.453. The van der Waals surface area contributed by atoms with Gasteiger partial charge in [-0.1, -0.05) is 0 Å². The molecule has 1 aliphatic carbocycles. The van der Waals surface area contributed by atoms with Crippen molar-refractivity contribution in [3.63, 3.8) is 0 Å². The fourth-order valence-electron chi connectivity index (χ4n) is 3.31. The smallest absolute Gasteiger partial charge is 0.258 e. The largest absolute Gasteiger partial charge is 0.505 e. The highest BCUT2D eigenvalue weighted by molar-refractivity contribution is 6.08. The quantitative estimate of drug-likeness (QED) is 0.936. The van der Waals surface area contributed by atoms with Crippen LogP contribution in [0.4, 0.5) is 4.39 Å². The Bertz CT molecular complexity index is 780. The predicted molar refractivity (Wildman–Crippen MR) is 86.4 cm³/mol. The second-order valence-electron chi connectivity index (χ2n) is 6.60. The highest BCUT2D eigenvalue weighted by atomic mass is 19.1. The molecule has 1 N–H and O–H groups in total. The molecule has 1 aliphatic heterocycles. The van der Waals surface area contributed by atoms with Crippen LogP contribution in [0.2, 0.25) is 0 Å². The van der Waals surface area contributed by atoms with Crippen LogP contribution in [0, 0.1) is 11.7 Å². The van der Waals surface area contributed by atoms with Crippen molar-refractivity contribution in [2.45, 2.75) is 25.3 Å². The summed E-state index contributed by atoms with van der Waals surface area (Å²) in [6, 6.07) is 4.29. The molecule has 0 spiro atoms. The number of halogens is 1. The average molecular weight is 330 g/mol. The van der Waals surface area contributed by atoms with Crippen molar-refractivity contribution in [2.24, 2.45) is 5.92 Å². The van der Waals surface area contributed by atoms with Gasteiger partial charge in [0, 0.05) is 30.5 Å². The van der Waals surface area contributed by atoms with E-state index in [9.17, 15) is 14.3 Å². The summed E-state index contributed by atoms with van der Waals surface area (Å²) >= 11 is 0. The van der Waals surface area contributed by atoms with Gasteiger partial charge in [-0.15, -0.1) is 0 Å². The number of carbonyl (C=O) groups excluding carboxylic acids is 1. The zero-order valence-electron chi connectivity index (χ0n) is 13.2. The summed E-state index contributed by atoms with van der Waals surface area (Å²) in [6.07, 6.45) is 4.14. The number of nitrogens with zero attached hydrogens (tertiary/aromatic N) is 2. The number of amides is 1. The van der Waals surface area contributed by atoms with Gasteiger partial charge in [-0.2, -0.15) is 0 Å². The normalized spacial score (nSPS) is 20.5. The lowest BCUT2D eigenvalue weighted by molar-refractivity contribution is 0.0705. The number of hydrogen-bond acceptors (Lipinski definition) is 4. The van der Waals surface area contributed by atoms with Crippen LogP contribution in [0.5, 0.6) is 5.75 Å². The molecule has 1 saturated carbocycles. The van der Waals surface area contributed by atoms with E-state index < -0.39 is 5.82 Å². The van der Waals surface area contributed by atoms with E-state index in [2.05, 4.69) is 4.98 Å². The molecule has 1 aromatic carbocycles. The van der Waals surface area contributed by atoms with E-state index in [1.807, 2.05) is 4.90 Å². The number of fused-ring (bicyclic) bond motifs is 1. The van der Waals surface area contributed by atoms with Gasteiger partial charge in [0.1, 0.15) is 11.6 Å². The van der Waals surface area contributed by atoms with E-state index in [0.29, 0.717) is 30.0 Å². The fraction of sp³-hybridized carbons (Fsp3) is 0.444. The summed E-state index contributed by atoms with van der Waals surface area (Å²) in [5.41, 5.74) is 0.641. The fourth-order valence-corrected chi connectivity index (χ4v) is 3.31. The number of hydrogen-bond donors (Lipinski definition) is 1. The zero-order chi connectivity index (χ0) is 16.7. The van der Waals surface area contributed by atoms with Crippen molar-refractivity contribution >= 4 is 16.8 Å². The molecule has 2 aliphatic rings. The summed E-state index contributed by atoms with van der Waals surface area (Å²) in [6.45, 7) is 2.00. The maximum absolute atomic E-state index is 13.7. The lowest BCUT2D eigenvalue weighted by Crippen LogP contribution is -2.37. The van der Waals surface area contributed by atoms with Crippen LogP contribution in [0.3, 0.4) is 0 Å². The molecular weight excluding hydrogens is 311 g/mol. The number of pyridine rings is 1. The van der Waals surface area contributed by atoms with Crippen LogP contribution >= 0.6 is 0 Å². The van der Waals surface area contributed by atoms with Crippen molar-refractivity contribution in [3.05, 3.63) is 35.8 Å². The first-order valence-corrected chi connectivity index (χ1v) is 8.29. The third-order valence-corrected chi connectivity index (χ3v) is 4.75. The van der Waals surface area contributed by atoms with Gasteiger partial charge in [-0.05, 0) is 37.5 Å². The molecule has 5 nitrogen and oxygen atoms in total. The van der Waals surface area contributed by atoms with Gasteiger partial charge in [0.05, 0.1) is 23.9 Å². The minimum absolute atomic E-state index is 0.144. The number of carbonyl (C=O) groups is 1. The summed E-state index contributed by atoms with van der Waals surface area (Å²) < 4.78 is 19.1. The Balaban J connectivity index is 1.72. The highest BCUT2D eigenvalue weighted by Gasteiger charge is 2.36. The van der Waals surface area contributed by atoms with E-state index in [1.165, 1.54) is 24.4 Å². The van der Waals surface area contributed by atoms with Crippen LogP contribution in [0.1, 0.15) is 29.6 Å². The standard InChI is InChI=1S/C18H19FN2O3/c19-12-1-4-15-14(7-12)17(16(22)8-20-15)18(23)21(13-2-3-13)9-11-5-6-24-10-11/h1,4,7-8,11,13,22H,2-3,5-6,9-10H2/t11-/m0/s1. The molecule has 24 heavy (non-hydrogen) atoms. The van der Waals surface area contributed by atoms with Gasteiger partial charge >= 0.3 is 0 Å². The van der Waals surface area contributed by atoms with E-state index in [0.717, 1.165) is 25.9 Å². The Kier molecular flexibility index (Phi) is 3.84. The van der Waals surface area contributed by atoms with E-state index in [4.69, 9.17) is 4.74 Å². The molecule has 1 amide bonds. The van der Waals surface area contributed by atoms with E-state index in [-0.39, 0.29) is 23.3 Å². The van der Waals surface area contributed by atoms with E-state index in [1.54, 1.807) is 0 Å². The molecule has 2 fully saturated rings. The molecule has 1 saturated heterocycles. The van der Waals surface area contributed by atoms with Crippen molar-refractivity contribution in [2.75, 3.05) is 19.8 Å². The maximum Gasteiger partial charge on any atom is 0.258 e. The first kappa shape index (κ1) is 15.3. The monoisotopic (exact) mass is 330 g/mol. The van der Waals surface area contributed by atoms with Gasteiger partial charge in [0.25, 0.3) is 5.91 Å². The van der Waals surface area contributed by atoms with Crippen molar-refractivity contribution in [3.8, 4) is 5.75 Å². The molecule has 1 atom stereocenters. The Hall–Kier alpha value is -2.21. The molecular formula is C18H19FN2O3. The second kappa shape index (κ2) is 6.02. The van der Waals surface area contributed by atoms with Crippen LogP contribution < -0.4 is 0 Å². The summed E-state index contributed by atoms with van der Waals surface area (Å²) in [7, 11) is 0. The average Bonchev–Trinajstić information content (AvgIpc) is 3.28. The Morgan fingerprint density at radius 2 is 2.21 bits per heavy atom. The number of benzene rings is 1. The molecule has 6 heteroatoms. The third kappa shape index (κ3) is 2.82. The van der Waals surface area contributed by atoms with E-state index >= 15 is 0 Å². The minimum Gasteiger partial charge on any atom is -0.505 e. The molecule has 2 heterocycles. The Morgan fingerprint density at radius 3 is 2.92 bits per heavy atom. The van der Waals surface area contributed by atoms with Crippen molar-refractivity contribution in [1.82, 2.24) is 9.88 Å². The highest BCUT2D eigenvalue weighted by Crippen LogP contribution is 2.34. The first-order valence-electron chi connectivity index (χ1n) is 8.29. The summed E-state index contributed by atoms with van der Waals surface area (Å²) in [4.78, 5) is 19.0. The molecule has 0 bridgehead atoms. The zero-order valence-corrected chi connectivity index (χ0v) is 13.2. The summed E-state index contributed by atoms with van der Waals surface area (Å²) in [5, 5.41) is 10.6. The number of rotatable bonds is 4. The molecule has 0 radical (unpaired) electrons.